The third-order valence-corrected chi connectivity index (χ3v) is 3.12. The topological polar surface area (TPSA) is 35.5 Å². The molecule has 0 N–H and O–H groups in total. The molecular formula is C11H10O3S. The van der Waals surface area contributed by atoms with Gasteiger partial charge in [0.1, 0.15) is 5.75 Å². The predicted molar refractivity (Wildman–Crippen MR) is 59.7 cm³/mol. The first-order chi connectivity index (χ1) is 7.27. The zero-order chi connectivity index (χ0) is 10.8. The molecule has 0 saturated heterocycles. The molecule has 3 nitrogen and oxygen atoms in total. The maximum absolute atomic E-state index is 11.5. The first-order valence-electron chi connectivity index (χ1n) is 4.40. The van der Waals surface area contributed by atoms with Crippen molar-refractivity contribution in [2.75, 3.05) is 14.2 Å². The molecule has 15 heavy (non-hydrogen) atoms. The summed E-state index contributed by atoms with van der Waals surface area (Å²) in [4.78, 5) is 11.5. The average Bonchev–Trinajstić information content (AvgIpc) is 2.70. The van der Waals surface area contributed by atoms with Crippen molar-refractivity contribution in [3.8, 4) is 5.75 Å². The Balaban J connectivity index is 2.72. The van der Waals surface area contributed by atoms with E-state index in [4.69, 9.17) is 9.47 Å². The third-order valence-electron chi connectivity index (χ3n) is 2.19. The van der Waals surface area contributed by atoms with Gasteiger partial charge in [-0.25, -0.2) is 4.79 Å². The number of hydrogen-bond acceptors (Lipinski definition) is 4. The van der Waals surface area contributed by atoms with Crippen molar-refractivity contribution in [2.24, 2.45) is 0 Å². The van der Waals surface area contributed by atoms with Gasteiger partial charge in [-0.3, -0.25) is 0 Å². The molecule has 0 bridgehead atoms. The number of thiophene rings is 1. The molecule has 1 aromatic heterocycles. The third kappa shape index (κ3) is 1.57. The molecule has 0 amide bonds. The van der Waals surface area contributed by atoms with Gasteiger partial charge in [-0.05, 0) is 12.1 Å². The predicted octanol–water partition coefficient (Wildman–Crippen LogP) is 2.70. The number of ether oxygens (including phenoxy) is 2. The molecule has 0 aliphatic rings. The summed E-state index contributed by atoms with van der Waals surface area (Å²) in [5, 5.41) is 2.72. The second-order valence-corrected chi connectivity index (χ2v) is 3.89. The minimum atomic E-state index is -0.336. The maximum Gasteiger partial charge on any atom is 0.338 e. The molecule has 0 radical (unpaired) electrons. The van der Waals surface area contributed by atoms with Crippen LogP contribution in [0.3, 0.4) is 0 Å². The summed E-state index contributed by atoms with van der Waals surface area (Å²) in [5.74, 6) is 0.383. The van der Waals surface area contributed by atoms with Crippen LogP contribution in [0.5, 0.6) is 5.75 Å². The van der Waals surface area contributed by atoms with Gasteiger partial charge in [0.2, 0.25) is 0 Å². The van der Waals surface area contributed by atoms with Crippen LogP contribution in [0.1, 0.15) is 10.4 Å². The summed E-state index contributed by atoms with van der Waals surface area (Å²) in [6, 6.07) is 5.53. The highest BCUT2D eigenvalue weighted by Crippen LogP contribution is 2.34. The molecule has 0 spiro atoms. The van der Waals surface area contributed by atoms with Crippen LogP contribution in [0.4, 0.5) is 0 Å². The Kier molecular flexibility index (Phi) is 2.60. The Hall–Kier alpha value is -1.55. The van der Waals surface area contributed by atoms with Crippen molar-refractivity contribution in [2.45, 2.75) is 0 Å². The largest absolute Gasteiger partial charge is 0.495 e. The molecule has 1 heterocycles. The zero-order valence-corrected chi connectivity index (χ0v) is 9.26. The second kappa shape index (κ2) is 3.90. The lowest BCUT2D eigenvalue weighted by Crippen LogP contribution is -2.01. The minimum Gasteiger partial charge on any atom is -0.495 e. The van der Waals surface area contributed by atoms with Crippen LogP contribution >= 0.6 is 11.3 Å². The number of hydrogen-bond donors (Lipinski definition) is 0. The SMILES string of the molecule is COC(=O)c1cccc2scc(OC)c12. The van der Waals surface area contributed by atoms with E-state index in [1.54, 1.807) is 24.5 Å². The highest BCUT2D eigenvalue weighted by atomic mass is 32.1. The molecule has 2 aromatic rings. The number of carbonyl (C=O) groups is 1. The Morgan fingerprint density at radius 2 is 2.13 bits per heavy atom. The average molecular weight is 222 g/mol. The lowest BCUT2D eigenvalue weighted by atomic mass is 10.1. The van der Waals surface area contributed by atoms with E-state index in [0.29, 0.717) is 5.56 Å². The monoisotopic (exact) mass is 222 g/mol. The summed E-state index contributed by atoms with van der Waals surface area (Å²) in [6.07, 6.45) is 0. The van der Waals surface area contributed by atoms with Gasteiger partial charge in [-0.2, -0.15) is 0 Å². The number of rotatable bonds is 2. The quantitative estimate of drug-likeness (QED) is 0.733. The molecular weight excluding hydrogens is 212 g/mol. The fraction of sp³-hybridized carbons (Fsp3) is 0.182. The molecule has 0 fully saturated rings. The van der Waals surface area contributed by atoms with Crippen molar-refractivity contribution in [1.29, 1.82) is 0 Å². The molecule has 0 aliphatic carbocycles. The number of esters is 1. The van der Waals surface area contributed by atoms with Crippen LogP contribution in [-0.2, 0) is 4.74 Å². The van der Waals surface area contributed by atoms with Crippen molar-refractivity contribution >= 4 is 27.4 Å². The molecule has 0 atom stereocenters. The van der Waals surface area contributed by atoms with E-state index in [2.05, 4.69) is 0 Å². The maximum atomic E-state index is 11.5. The Labute approximate surface area is 91.2 Å². The highest BCUT2D eigenvalue weighted by molar-refractivity contribution is 7.17. The van der Waals surface area contributed by atoms with E-state index in [9.17, 15) is 4.79 Å². The number of methoxy groups -OCH3 is 2. The zero-order valence-electron chi connectivity index (χ0n) is 8.44. The van der Waals surface area contributed by atoms with Crippen molar-refractivity contribution in [3.63, 3.8) is 0 Å². The molecule has 0 aliphatic heterocycles. The van der Waals surface area contributed by atoms with Gasteiger partial charge >= 0.3 is 5.97 Å². The molecule has 78 valence electrons. The molecule has 0 unspecified atom stereocenters. The highest BCUT2D eigenvalue weighted by Gasteiger charge is 2.14. The lowest BCUT2D eigenvalue weighted by Gasteiger charge is -2.03. The minimum absolute atomic E-state index is 0.336. The fourth-order valence-electron chi connectivity index (χ4n) is 1.49. The number of carbonyl (C=O) groups excluding carboxylic acids is 1. The van der Waals surface area contributed by atoms with E-state index < -0.39 is 0 Å². The smallest absolute Gasteiger partial charge is 0.338 e. The van der Waals surface area contributed by atoms with Crippen LogP contribution in [0, 0.1) is 0 Å². The number of benzene rings is 1. The van der Waals surface area contributed by atoms with Gasteiger partial charge < -0.3 is 9.47 Å². The van der Waals surface area contributed by atoms with Crippen LogP contribution in [0.15, 0.2) is 23.6 Å². The second-order valence-electron chi connectivity index (χ2n) is 2.97. The van der Waals surface area contributed by atoms with Gasteiger partial charge in [0.15, 0.2) is 0 Å². The van der Waals surface area contributed by atoms with Gasteiger partial charge in [-0.15, -0.1) is 11.3 Å². The Bertz CT molecular complexity index is 502. The summed E-state index contributed by atoms with van der Waals surface area (Å²) < 4.78 is 11.0. The normalized spacial score (nSPS) is 10.3. The Morgan fingerprint density at radius 3 is 2.80 bits per heavy atom. The van der Waals surface area contributed by atoms with Crippen molar-refractivity contribution < 1.29 is 14.3 Å². The van der Waals surface area contributed by atoms with E-state index in [-0.39, 0.29) is 5.97 Å². The molecule has 1 aromatic carbocycles. The van der Waals surface area contributed by atoms with Crippen LogP contribution in [-0.4, -0.2) is 20.2 Å². The van der Waals surface area contributed by atoms with Gasteiger partial charge in [-0.1, -0.05) is 6.07 Å². The van der Waals surface area contributed by atoms with E-state index in [0.717, 1.165) is 15.8 Å². The Morgan fingerprint density at radius 1 is 1.33 bits per heavy atom. The lowest BCUT2D eigenvalue weighted by molar-refractivity contribution is 0.0603. The number of fused-ring (bicyclic) bond motifs is 1. The summed E-state index contributed by atoms with van der Waals surface area (Å²) in [6.45, 7) is 0. The van der Waals surface area contributed by atoms with E-state index in [1.807, 2.05) is 17.5 Å². The van der Waals surface area contributed by atoms with Crippen LogP contribution in [0.2, 0.25) is 0 Å². The van der Waals surface area contributed by atoms with Gasteiger partial charge in [0.25, 0.3) is 0 Å². The van der Waals surface area contributed by atoms with E-state index in [1.165, 1.54) is 7.11 Å². The first-order valence-corrected chi connectivity index (χ1v) is 5.28. The fourth-order valence-corrected chi connectivity index (χ4v) is 2.42. The molecule has 4 heteroatoms. The first kappa shape index (κ1) is 9.98. The van der Waals surface area contributed by atoms with E-state index >= 15 is 0 Å². The standard InChI is InChI=1S/C11H10O3S/c1-13-8-6-15-9-5-3-4-7(10(8)9)11(12)14-2/h3-6H,1-2H3. The molecule has 2 rings (SSSR count). The van der Waals surface area contributed by atoms with Gasteiger partial charge in [0, 0.05) is 15.5 Å². The van der Waals surface area contributed by atoms with Crippen LogP contribution in [0.25, 0.3) is 10.1 Å². The van der Waals surface area contributed by atoms with Gasteiger partial charge in [0.05, 0.1) is 19.8 Å². The van der Waals surface area contributed by atoms with Crippen molar-refractivity contribution in [3.05, 3.63) is 29.1 Å². The summed E-state index contributed by atoms with van der Waals surface area (Å²) >= 11 is 1.55. The van der Waals surface area contributed by atoms with Crippen molar-refractivity contribution in [1.82, 2.24) is 0 Å². The summed E-state index contributed by atoms with van der Waals surface area (Å²) in [7, 11) is 2.97. The van der Waals surface area contributed by atoms with Crippen LogP contribution < -0.4 is 4.74 Å². The summed E-state index contributed by atoms with van der Waals surface area (Å²) in [5.41, 5.74) is 0.549. The molecule has 0 saturated carbocycles.